The zero-order valence-corrected chi connectivity index (χ0v) is 31.9. The van der Waals surface area contributed by atoms with Crippen molar-refractivity contribution in [1.82, 2.24) is 29.9 Å². The number of fused-ring (bicyclic) bond motifs is 2. The van der Waals surface area contributed by atoms with Gasteiger partial charge in [-0.15, -0.1) is 0 Å². The Balaban J connectivity index is 1.05. The average Bonchev–Trinajstić information content (AvgIpc) is 3.29. The molecule has 7 nitrogen and oxygen atoms in total. The molecule has 3 heterocycles. The third-order valence-corrected chi connectivity index (χ3v) is 10.6. The number of para-hydroxylation sites is 1. The van der Waals surface area contributed by atoms with Gasteiger partial charge in [0, 0.05) is 49.9 Å². The second-order valence-electron chi connectivity index (χ2n) is 14.8. The van der Waals surface area contributed by atoms with E-state index in [2.05, 4.69) is 68.4 Å². The summed E-state index contributed by atoms with van der Waals surface area (Å²) in [6.45, 7) is 4.47. The second kappa shape index (κ2) is 14.5. The summed E-state index contributed by atoms with van der Waals surface area (Å²) in [5.74, 6) is 5.24. The highest BCUT2D eigenvalue weighted by molar-refractivity contribution is 5.76. The molecule has 0 spiro atoms. The molecule has 1 aliphatic rings. The summed E-state index contributed by atoms with van der Waals surface area (Å²) in [6.07, 6.45) is 0. The number of rotatable bonds is 7. The second-order valence-corrected chi connectivity index (χ2v) is 14.8. The molecule has 0 aliphatic carbocycles. The number of hydrogen-bond acceptors (Lipinski definition) is 7. The predicted octanol–water partition coefficient (Wildman–Crippen LogP) is 12.2. The lowest BCUT2D eigenvalue weighted by Crippen LogP contribution is -2.24. The number of benzene rings is 7. The van der Waals surface area contributed by atoms with Crippen molar-refractivity contribution >= 4 is 0 Å². The van der Waals surface area contributed by atoms with E-state index in [-0.39, 0.29) is 5.41 Å². The molecule has 0 saturated carbocycles. The van der Waals surface area contributed by atoms with Crippen LogP contribution in [0.1, 0.15) is 25.0 Å². The first-order valence-corrected chi connectivity index (χ1v) is 19.3. The molecule has 0 unspecified atom stereocenters. The van der Waals surface area contributed by atoms with E-state index in [4.69, 9.17) is 34.6 Å². The minimum Gasteiger partial charge on any atom is -0.457 e. The largest absolute Gasteiger partial charge is 0.457 e. The molecule has 0 N–H and O–H groups in total. The first kappa shape index (κ1) is 34.8. The highest BCUT2D eigenvalue weighted by Gasteiger charge is 2.34. The zero-order chi connectivity index (χ0) is 39.1. The van der Waals surface area contributed by atoms with Crippen molar-refractivity contribution < 1.29 is 4.74 Å². The van der Waals surface area contributed by atoms with Crippen molar-refractivity contribution in [2.45, 2.75) is 19.3 Å². The van der Waals surface area contributed by atoms with Gasteiger partial charge in [0.2, 0.25) is 0 Å². The first-order chi connectivity index (χ1) is 28.5. The number of ether oxygens (including phenoxy) is 1. The summed E-state index contributed by atoms with van der Waals surface area (Å²) in [7, 11) is 0. The molecule has 10 rings (SSSR count). The highest BCUT2D eigenvalue weighted by atomic mass is 16.5. The van der Waals surface area contributed by atoms with Gasteiger partial charge in [-0.2, -0.15) is 0 Å². The van der Waals surface area contributed by atoms with Crippen LogP contribution in [0.3, 0.4) is 0 Å². The van der Waals surface area contributed by atoms with Crippen molar-refractivity contribution in [3.63, 3.8) is 0 Å². The Bertz CT molecular complexity index is 2890. The van der Waals surface area contributed by atoms with Crippen LogP contribution in [0.5, 0.6) is 11.5 Å². The van der Waals surface area contributed by atoms with Crippen LogP contribution < -0.4 is 4.74 Å². The lowest BCUT2D eigenvalue weighted by atomic mass is 9.75. The SMILES string of the molecule is CC1(C)c2ccccc2Oc2cc(-c3nc(-c4ccccc4)nc(-c4cccc(-c5cccc(-c6nc(-c7ccccc7)nc(-c7ccccc7)n6)c5)c4)n3)ccc21. The Labute approximate surface area is 336 Å². The molecule has 0 bridgehead atoms. The van der Waals surface area contributed by atoms with Crippen LogP contribution in [0.25, 0.3) is 79.5 Å². The van der Waals surface area contributed by atoms with Crippen molar-refractivity contribution in [1.29, 1.82) is 0 Å². The Kier molecular flexibility index (Phi) is 8.68. The van der Waals surface area contributed by atoms with Gasteiger partial charge < -0.3 is 4.74 Å². The van der Waals surface area contributed by atoms with Crippen molar-refractivity contribution in [2.24, 2.45) is 0 Å². The maximum atomic E-state index is 6.49. The molecule has 0 saturated heterocycles. The number of aromatic nitrogens is 6. The van der Waals surface area contributed by atoms with Crippen LogP contribution >= 0.6 is 0 Å². The first-order valence-electron chi connectivity index (χ1n) is 19.3. The van der Waals surface area contributed by atoms with E-state index in [0.717, 1.165) is 67.1 Å². The Morgan fingerprint density at radius 2 is 0.638 bits per heavy atom. The summed E-state index contributed by atoms with van der Waals surface area (Å²) in [5, 5.41) is 0. The zero-order valence-electron chi connectivity index (χ0n) is 31.9. The summed E-state index contributed by atoms with van der Waals surface area (Å²) >= 11 is 0. The lowest BCUT2D eigenvalue weighted by Gasteiger charge is -2.34. The van der Waals surface area contributed by atoms with E-state index in [1.807, 2.05) is 127 Å². The molecule has 1 aliphatic heterocycles. The monoisotopic (exact) mass is 748 g/mol. The van der Waals surface area contributed by atoms with Crippen molar-refractivity contribution in [2.75, 3.05) is 0 Å². The molecular formula is C51H36N6O. The molecule has 276 valence electrons. The number of hydrogen-bond donors (Lipinski definition) is 0. The molecule has 0 atom stereocenters. The summed E-state index contributed by atoms with van der Waals surface area (Å²) < 4.78 is 6.49. The highest BCUT2D eigenvalue weighted by Crippen LogP contribution is 2.48. The van der Waals surface area contributed by atoms with E-state index >= 15 is 0 Å². The van der Waals surface area contributed by atoms with Gasteiger partial charge in [0.05, 0.1) is 0 Å². The maximum Gasteiger partial charge on any atom is 0.164 e. The van der Waals surface area contributed by atoms with Crippen molar-refractivity contribution in [3.8, 4) is 91.0 Å². The van der Waals surface area contributed by atoms with E-state index in [0.29, 0.717) is 34.9 Å². The number of nitrogens with zero attached hydrogens (tertiary/aromatic N) is 6. The van der Waals surface area contributed by atoms with E-state index in [1.54, 1.807) is 0 Å². The molecule has 9 aromatic rings. The average molecular weight is 749 g/mol. The quantitative estimate of drug-likeness (QED) is 0.160. The van der Waals surface area contributed by atoms with Gasteiger partial charge in [-0.05, 0) is 35.4 Å². The van der Waals surface area contributed by atoms with Crippen molar-refractivity contribution in [3.05, 3.63) is 193 Å². The van der Waals surface area contributed by atoms with Gasteiger partial charge in [0.25, 0.3) is 0 Å². The molecule has 0 radical (unpaired) electrons. The minimum absolute atomic E-state index is 0.224. The standard InChI is InChI=1S/C51H36N6O/c1-51(2)41-26-12-13-27-43(41)58-44-32-40(28-29-42(44)51)50-56-47(35-20-10-5-11-21-35)55-49(57-50)39-25-15-23-37(31-39)36-22-14-24-38(30-36)48-53-45(33-16-6-3-7-17-33)52-46(54-48)34-18-8-4-9-19-34/h3-32H,1-2H3. The summed E-state index contributed by atoms with van der Waals surface area (Å²) in [6, 6.07) is 61.2. The fourth-order valence-corrected chi connectivity index (χ4v) is 7.56. The van der Waals surface area contributed by atoms with Gasteiger partial charge in [-0.1, -0.05) is 172 Å². The van der Waals surface area contributed by atoms with E-state index in [9.17, 15) is 0 Å². The molecule has 58 heavy (non-hydrogen) atoms. The van der Waals surface area contributed by atoms with Crippen LogP contribution in [-0.2, 0) is 5.41 Å². The Morgan fingerprint density at radius 3 is 1.10 bits per heavy atom. The maximum absolute atomic E-state index is 6.49. The Morgan fingerprint density at radius 1 is 0.293 bits per heavy atom. The van der Waals surface area contributed by atoms with Crippen LogP contribution in [0.2, 0.25) is 0 Å². The third kappa shape index (κ3) is 6.58. The molecule has 7 aromatic carbocycles. The third-order valence-electron chi connectivity index (χ3n) is 10.6. The van der Waals surface area contributed by atoms with Gasteiger partial charge in [-0.3, -0.25) is 0 Å². The van der Waals surface area contributed by atoms with E-state index in [1.165, 1.54) is 0 Å². The van der Waals surface area contributed by atoms with Crippen LogP contribution in [0.15, 0.2) is 182 Å². The smallest absolute Gasteiger partial charge is 0.164 e. The van der Waals surface area contributed by atoms with Crippen LogP contribution in [-0.4, -0.2) is 29.9 Å². The molecular weight excluding hydrogens is 713 g/mol. The molecule has 0 amide bonds. The normalized spacial score (nSPS) is 12.6. The topological polar surface area (TPSA) is 86.6 Å². The van der Waals surface area contributed by atoms with E-state index < -0.39 is 0 Å². The fraction of sp³-hybridized carbons (Fsp3) is 0.0588. The van der Waals surface area contributed by atoms with Gasteiger partial charge in [0.1, 0.15) is 11.5 Å². The lowest BCUT2D eigenvalue weighted by molar-refractivity contribution is 0.418. The summed E-state index contributed by atoms with van der Waals surface area (Å²) in [5.41, 5.74) is 9.43. The summed E-state index contributed by atoms with van der Waals surface area (Å²) in [4.78, 5) is 30.0. The molecule has 0 fully saturated rings. The van der Waals surface area contributed by atoms with Gasteiger partial charge >= 0.3 is 0 Å². The fourth-order valence-electron chi connectivity index (χ4n) is 7.56. The van der Waals surface area contributed by atoms with Crippen LogP contribution in [0, 0.1) is 0 Å². The van der Waals surface area contributed by atoms with Gasteiger partial charge in [0.15, 0.2) is 34.9 Å². The molecule has 2 aromatic heterocycles. The van der Waals surface area contributed by atoms with Gasteiger partial charge in [-0.25, -0.2) is 29.9 Å². The predicted molar refractivity (Wildman–Crippen MR) is 230 cm³/mol. The minimum atomic E-state index is -0.224. The van der Waals surface area contributed by atoms with Crippen LogP contribution in [0.4, 0.5) is 0 Å². The molecule has 7 heteroatoms. The Hall–Kier alpha value is -7.64.